The fourth-order valence-electron chi connectivity index (χ4n) is 2.42. The van der Waals surface area contributed by atoms with Crippen molar-refractivity contribution in [3.8, 4) is 0 Å². The van der Waals surface area contributed by atoms with Crippen molar-refractivity contribution in [1.29, 1.82) is 0 Å². The van der Waals surface area contributed by atoms with Gasteiger partial charge in [0.1, 0.15) is 5.69 Å². The van der Waals surface area contributed by atoms with Crippen LogP contribution >= 0.6 is 11.3 Å². The van der Waals surface area contributed by atoms with Gasteiger partial charge in [-0.25, -0.2) is 17.7 Å². The Bertz CT molecular complexity index is 782. The van der Waals surface area contributed by atoms with Gasteiger partial charge in [0, 0.05) is 37.8 Å². The number of imidazole rings is 1. The number of aromatic nitrogens is 2. The highest BCUT2D eigenvalue weighted by Crippen LogP contribution is 2.18. The summed E-state index contributed by atoms with van der Waals surface area (Å²) in [4.78, 5) is 17.3. The molecule has 1 fully saturated rings. The van der Waals surface area contributed by atoms with Crippen LogP contribution in [0, 0.1) is 5.92 Å². The maximum atomic E-state index is 12.3. The van der Waals surface area contributed by atoms with Gasteiger partial charge in [-0.2, -0.15) is 0 Å². The zero-order valence-corrected chi connectivity index (χ0v) is 14.4. The lowest BCUT2D eigenvalue weighted by Gasteiger charge is -2.20. The lowest BCUT2D eigenvalue weighted by Crippen LogP contribution is -2.43. The molecule has 1 saturated heterocycles. The number of ether oxygens (including phenoxy) is 1. The number of hydrogen-bond acceptors (Lipinski definition) is 6. The minimum atomic E-state index is -3.34. The smallest absolute Gasteiger partial charge is 0.271 e. The van der Waals surface area contributed by atoms with E-state index in [-0.39, 0.29) is 23.6 Å². The molecule has 2 aromatic rings. The minimum absolute atomic E-state index is 0.0524. The number of hydrogen-bond donors (Lipinski definition) is 1. The Morgan fingerprint density at radius 1 is 1.52 bits per heavy atom. The van der Waals surface area contributed by atoms with Crippen LogP contribution in [-0.2, 0) is 14.8 Å². The first-order valence-electron chi connectivity index (χ1n) is 7.08. The summed E-state index contributed by atoms with van der Waals surface area (Å²) in [6, 6.07) is -0.336. The number of rotatable bonds is 5. The van der Waals surface area contributed by atoms with Crippen LogP contribution in [0.25, 0.3) is 4.96 Å². The Hall–Kier alpha value is -1.49. The second-order valence-corrected chi connectivity index (χ2v) is 8.76. The summed E-state index contributed by atoms with van der Waals surface area (Å²) in [5.41, 5.74) is 0.318. The first kappa shape index (κ1) is 16.4. The highest BCUT2D eigenvalue weighted by Gasteiger charge is 2.34. The molecule has 3 rings (SSSR count). The molecule has 3 heterocycles. The van der Waals surface area contributed by atoms with Gasteiger partial charge >= 0.3 is 0 Å². The van der Waals surface area contributed by atoms with Crippen LogP contribution in [0.1, 0.15) is 10.5 Å². The van der Waals surface area contributed by atoms with Gasteiger partial charge < -0.3 is 10.1 Å². The van der Waals surface area contributed by atoms with E-state index < -0.39 is 10.0 Å². The first-order valence-corrected chi connectivity index (χ1v) is 9.57. The van der Waals surface area contributed by atoms with E-state index in [1.807, 2.05) is 11.6 Å². The van der Waals surface area contributed by atoms with Crippen molar-refractivity contribution >= 4 is 32.2 Å². The molecule has 1 N–H and O–H groups in total. The van der Waals surface area contributed by atoms with E-state index in [4.69, 9.17) is 4.74 Å². The van der Waals surface area contributed by atoms with E-state index in [0.717, 1.165) is 4.96 Å². The average Bonchev–Trinajstić information content (AvgIpc) is 3.14. The van der Waals surface area contributed by atoms with Gasteiger partial charge in [0.2, 0.25) is 10.0 Å². The van der Waals surface area contributed by atoms with Crippen molar-refractivity contribution in [2.75, 3.05) is 33.1 Å². The quantitative estimate of drug-likeness (QED) is 0.814. The number of nitrogens with one attached hydrogen (secondary N) is 1. The van der Waals surface area contributed by atoms with Gasteiger partial charge in [-0.05, 0) is 0 Å². The Kier molecular flexibility index (Phi) is 4.41. The molecular weight excluding hydrogens is 340 g/mol. The maximum absolute atomic E-state index is 12.3. The van der Waals surface area contributed by atoms with Crippen molar-refractivity contribution < 1.29 is 17.9 Å². The molecule has 2 atom stereocenters. The molecule has 1 amide bonds. The fourth-order valence-corrected chi connectivity index (χ4v) is 4.29. The van der Waals surface area contributed by atoms with Gasteiger partial charge in [0.05, 0.1) is 25.0 Å². The van der Waals surface area contributed by atoms with Crippen molar-refractivity contribution in [2.45, 2.75) is 6.04 Å². The normalized spacial score (nSPS) is 22.0. The zero-order valence-electron chi connectivity index (χ0n) is 12.8. The van der Waals surface area contributed by atoms with Crippen LogP contribution < -0.4 is 5.32 Å². The molecule has 23 heavy (non-hydrogen) atoms. The lowest BCUT2D eigenvalue weighted by atomic mass is 10.1. The summed E-state index contributed by atoms with van der Waals surface area (Å²) in [6.45, 7) is 0.623. The molecule has 0 saturated carbocycles. The van der Waals surface area contributed by atoms with Crippen LogP contribution in [0.5, 0.6) is 0 Å². The summed E-state index contributed by atoms with van der Waals surface area (Å²) >= 11 is 1.44. The zero-order chi connectivity index (χ0) is 16.6. The van der Waals surface area contributed by atoms with Crippen LogP contribution in [-0.4, -0.2) is 67.1 Å². The van der Waals surface area contributed by atoms with E-state index >= 15 is 0 Å². The SMILES string of the molecule is CN(C)S(=O)(=O)C[C@@H]1COC[C@H]1NC(=O)c1cn2ccsc2n1. The van der Waals surface area contributed by atoms with Gasteiger partial charge in [-0.3, -0.25) is 9.20 Å². The largest absolute Gasteiger partial charge is 0.379 e. The average molecular weight is 358 g/mol. The number of sulfonamides is 1. The second kappa shape index (κ2) is 6.19. The standard InChI is InChI=1S/C13H18N4O4S2/c1-16(2)23(19,20)8-9-6-21-7-11(9)14-12(18)10-5-17-3-4-22-13(17)15-10/h3-5,9,11H,6-8H2,1-2H3,(H,14,18)/t9-,11+/m0/s1. The molecule has 0 spiro atoms. The van der Waals surface area contributed by atoms with E-state index in [1.165, 1.54) is 29.7 Å². The van der Waals surface area contributed by atoms with Crippen LogP contribution in [0.2, 0.25) is 0 Å². The van der Waals surface area contributed by atoms with E-state index in [2.05, 4.69) is 10.3 Å². The Labute approximate surface area is 138 Å². The molecule has 2 aromatic heterocycles. The van der Waals surface area contributed by atoms with Gasteiger partial charge in [0.15, 0.2) is 4.96 Å². The molecule has 1 aliphatic rings. The summed E-state index contributed by atoms with van der Waals surface area (Å²) in [5, 5.41) is 4.73. The van der Waals surface area contributed by atoms with Crippen LogP contribution in [0.4, 0.5) is 0 Å². The predicted molar refractivity (Wildman–Crippen MR) is 86.1 cm³/mol. The third kappa shape index (κ3) is 3.39. The molecular formula is C13H18N4O4S2. The number of thiazole rings is 1. The van der Waals surface area contributed by atoms with Crippen LogP contribution in [0.15, 0.2) is 17.8 Å². The molecule has 1 aliphatic heterocycles. The highest BCUT2D eigenvalue weighted by molar-refractivity contribution is 7.89. The van der Waals surface area contributed by atoms with Gasteiger partial charge in [0.25, 0.3) is 5.91 Å². The van der Waals surface area contributed by atoms with Crippen molar-refractivity contribution in [3.63, 3.8) is 0 Å². The third-order valence-electron chi connectivity index (χ3n) is 3.82. The molecule has 10 heteroatoms. The van der Waals surface area contributed by atoms with Crippen molar-refractivity contribution in [2.24, 2.45) is 5.92 Å². The van der Waals surface area contributed by atoms with Crippen molar-refractivity contribution in [3.05, 3.63) is 23.5 Å². The molecule has 0 radical (unpaired) electrons. The Morgan fingerprint density at radius 2 is 2.30 bits per heavy atom. The molecule has 126 valence electrons. The second-order valence-electron chi connectivity index (χ2n) is 5.66. The number of fused-ring (bicyclic) bond motifs is 1. The summed E-state index contributed by atoms with van der Waals surface area (Å²) in [5.74, 6) is -0.637. The van der Waals surface area contributed by atoms with Gasteiger partial charge in [-0.1, -0.05) is 0 Å². The highest BCUT2D eigenvalue weighted by atomic mass is 32.2. The van der Waals surface area contributed by atoms with Crippen molar-refractivity contribution in [1.82, 2.24) is 19.0 Å². The van der Waals surface area contributed by atoms with E-state index in [0.29, 0.717) is 18.9 Å². The monoisotopic (exact) mass is 358 g/mol. The van der Waals surface area contributed by atoms with Crippen LogP contribution in [0.3, 0.4) is 0 Å². The van der Waals surface area contributed by atoms with E-state index in [1.54, 1.807) is 10.6 Å². The van der Waals surface area contributed by atoms with Gasteiger partial charge in [-0.15, -0.1) is 11.3 Å². The molecule has 0 unspecified atom stereocenters. The Morgan fingerprint density at radius 3 is 3.00 bits per heavy atom. The molecule has 0 bridgehead atoms. The summed E-state index contributed by atoms with van der Waals surface area (Å²) in [7, 11) is -0.349. The summed E-state index contributed by atoms with van der Waals surface area (Å²) in [6.07, 6.45) is 3.48. The number of carbonyl (C=O) groups is 1. The topological polar surface area (TPSA) is 93.0 Å². The number of amides is 1. The third-order valence-corrected chi connectivity index (χ3v) is 6.55. The number of nitrogens with zero attached hydrogens (tertiary/aromatic N) is 3. The van der Waals surface area contributed by atoms with E-state index in [9.17, 15) is 13.2 Å². The molecule has 0 aromatic carbocycles. The Balaban J connectivity index is 1.68. The maximum Gasteiger partial charge on any atom is 0.271 e. The lowest BCUT2D eigenvalue weighted by molar-refractivity contribution is 0.0921. The predicted octanol–water partition coefficient (Wildman–Crippen LogP) is 0.0320. The molecule has 8 nitrogen and oxygen atoms in total. The minimum Gasteiger partial charge on any atom is -0.379 e. The summed E-state index contributed by atoms with van der Waals surface area (Å²) < 4.78 is 32.3. The first-order chi connectivity index (χ1) is 10.9. The fraction of sp³-hybridized carbons (Fsp3) is 0.538. The number of carbonyl (C=O) groups excluding carboxylic acids is 1. The molecule has 0 aliphatic carbocycles.